The third-order valence-corrected chi connectivity index (χ3v) is 2.45. The van der Waals surface area contributed by atoms with Crippen molar-refractivity contribution in [3.8, 4) is 0 Å². The van der Waals surface area contributed by atoms with E-state index in [2.05, 4.69) is 5.32 Å². The Hall–Kier alpha value is -1.59. The molecule has 3 amide bonds. The van der Waals surface area contributed by atoms with E-state index in [9.17, 15) is 9.59 Å². The Balaban J connectivity index is 2.44. The maximum atomic E-state index is 11.1. The second-order valence-corrected chi connectivity index (χ2v) is 4.00. The van der Waals surface area contributed by atoms with Crippen LogP contribution in [0, 0.1) is 0 Å². The zero-order chi connectivity index (χ0) is 12.8. The molecule has 1 atom stereocenters. The van der Waals surface area contributed by atoms with Crippen molar-refractivity contribution in [2.45, 2.75) is 13.0 Å². The van der Waals surface area contributed by atoms with Crippen LogP contribution in [-0.4, -0.2) is 18.5 Å². The number of halogens is 1. The fourth-order valence-corrected chi connectivity index (χ4v) is 1.42. The average molecular weight is 256 g/mol. The van der Waals surface area contributed by atoms with Gasteiger partial charge in [-0.2, -0.15) is 0 Å². The first kappa shape index (κ1) is 13.5. The normalized spacial score (nSPS) is 11.9. The summed E-state index contributed by atoms with van der Waals surface area (Å²) in [5, 5.41) is 5.60. The highest BCUT2D eigenvalue weighted by Gasteiger charge is 2.08. The summed E-state index contributed by atoms with van der Waals surface area (Å²) in [7, 11) is 0. The number of carbonyl (C=O) groups excluding carboxylic acids is 2. The summed E-state index contributed by atoms with van der Waals surface area (Å²) in [5.41, 5.74) is 5.82. The first-order valence-corrected chi connectivity index (χ1v) is 5.45. The molecule has 0 fully saturated rings. The standard InChI is InChI=1S/C11H14ClN3O2/c1-7(8-2-4-9(12)5-3-8)14-6-10(16)15-11(13)17/h2-5,7,14H,6H2,1H3,(H3,13,15,16,17)/t7-/m0/s1. The van der Waals surface area contributed by atoms with E-state index < -0.39 is 11.9 Å². The smallest absolute Gasteiger partial charge is 0.318 e. The van der Waals surface area contributed by atoms with Crippen molar-refractivity contribution < 1.29 is 9.59 Å². The second-order valence-electron chi connectivity index (χ2n) is 3.57. The van der Waals surface area contributed by atoms with Gasteiger partial charge in [-0.25, -0.2) is 4.79 Å². The van der Waals surface area contributed by atoms with Crippen molar-refractivity contribution >= 4 is 23.5 Å². The zero-order valence-corrected chi connectivity index (χ0v) is 10.1. The van der Waals surface area contributed by atoms with Crippen LogP contribution in [0.5, 0.6) is 0 Å². The fraction of sp³-hybridized carbons (Fsp3) is 0.273. The van der Waals surface area contributed by atoms with Crippen LogP contribution in [0.3, 0.4) is 0 Å². The molecule has 92 valence electrons. The summed E-state index contributed by atoms with van der Waals surface area (Å²) in [6, 6.07) is 6.41. The number of benzene rings is 1. The summed E-state index contributed by atoms with van der Waals surface area (Å²) in [4.78, 5) is 21.6. The van der Waals surface area contributed by atoms with E-state index in [4.69, 9.17) is 17.3 Å². The Bertz CT molecular complexity index is 406. The third kappa shape index (κ3) is 4.84. The molecule has 0 aliphatic heterocycles. The van der Waals surface area contributed by atoms with Crippen LogP contribution in [0.4, 0.5) is 4.79 Å². The van der Waals surface area contributed by atoms with Gasteiger partial charge in [-0.05, 0) is 24.6 Å². The molecule has 0 unspecified atom stereocenters. The van der Waals surface area contributed by atoms with Gasteiger partial charge in [0.2, 0.25) is 5.91 Å². The first-order chi connectivity index (χ1) is 7.99. The molecule has 0 aliphatic rings. The van der Waals surface area contributed by atoms with Gasteiger partial charge in [-0.1, -0.05) is 23.7 Å². The number of nitrogens with one attached hydrogen (secondary N) is 2. The van der Waals surface area contributed by atoms with E-state index >= 15 is 0 Å². The molecular weight excluding hydrogens is 242 g/mol. The highest BCUT2D eigenvalue weighted by molar-refractivity contribution is 6.30. The van der Waals surface area contributed by atoms with E-state index in [1.165, 1.54) is 0 Å². The highest BCUT2D eigenvalue weighted by Crippen LogP contribution is 2.15. The number of hydrogen-bond acceptors (Lipinski definition) is 3. The Morgan fingerprint density at radius 2 is 1.94 bits per heavy atom. The molecule has 0 aliphatic carbocycles. The molecule has 5 nitrogen and oxygen atoms in total. The topological polar surface area (TPSA) is 84.2 Å². The largest absolute Gasteiger partial charge is 0.351 e. The molecule has 0 bridgehead atoms. The van der Waals surface area contributed by atoms with Crippen molar-refractivity contribution in [2.24, 2.45) is 5.73 Å². The third-order valence-electron chi connectivity index (χ3n) is 2.20. The number of hydrogen-bond donors (Lipinski definition) is 3. The van der Waals surface area contributed by atoms with Gasteiger partial charge >= 0.3 is 6.03 Å². The zero-order valence-electron chi connectivity index (χ0n) is 9.37. The van der Waals surface area contributed by atoms with Gasteiger partial charge in [0.1, 0.15) is 0 Å². The predicted molar refractivity (Wildman–Crippen MR) is 65.6 cm³/mol. The van der Waals surface area contributed by atoms with Crippen LogP contribution in [0.25, 0.3) is 0 Å². The van der Waals surface area contributed by atoms with Crippen molar-refractivity contribution in [1.82, 2.24) is 10.6 Å². The van der Waals surface area contributed by atoms with Crippen LogP contribution >= 0.6 is 11.6 Å². The highest BCUT2D eigenvalue weighted by atomic mass is 35.5. The number of imide groups is 1. The van der Waals surface area contributed by atoms with Crippen LogP contribution in [0.2, 0.25) is 5.02 Å². The number of rotatable bonds is 4. The monoisotopic (exact) mass is 255 g/mol. The molecule has 1 rings (SSSR count). The molecule has 17 heavy (non-hydrogen) atoms. The molecule has 0 radical (unpaired) electrons. The fourth-order valence-electron chi connectivity index (χ4n) is 1.30. The van der Waals surface area contributed by atoms with Gasteiger partial charge in [-0.15, -0.1) is 0 Å². The predicted octanol–water partition coefficient (Wildman–Crippen LogP) is 1.19. The van der Waals surface area contributed by atoms with E-state index in [0.29, 0.717) is 5.02 Å². The maximum Gasteiger partial charge on any atom is 0.318 e. The van der Waals surface area contributed by atoms with E-state index in [1.54, 1.807) is 12.1 Å². The van der Waals surface area contributed by atoms with Crippen LogP contribution in [-0.2, 0) is 4.79 Å². The lowest BCUT2D eigenvalue weighted by atomic mass is 10.1. The van der Waals surface area contributed by atoms with E-state index in [1.807, 2.05) is 24.4 Å². The summed E-state index contributed by atoms with van der Waals surface area (Å²) in [6.45, 7) is 1.92. The summed E-state index contributed by atoms with van der Waals surface area (Å²) in [6.07, 6.45) is 0. The molecule has 4 N–H and O–H groups in total. The van der Waals surface area contributed by atoms with Crippen molar-refractivity contribution in [3.05, 3.63) is 34.9 Å². The number of nitrogens with two attached hydrogens (primary N) is 1. The second kappa shape index (κ2) is 6.22. The summed E-state index contributed by atoms with van der Waals surface area (Å²) in [5.74, 6) is -0.460. The lowest BCUT2D eigenvalue weighted by Crippen LogP contribution is -2.41. The molecular formula is C11H14ClN3O2. The van der Waals surface area contributed by atoms with Gasteiger partial charge in [0.05, 0.1) is 6.54 Å². The molecule has 0 saturated heterocycles. The SMILES string of the molecule is C[C@H](NCC(=O)NC(N)=O)c1ccc(Cl)cc1. The number of urea groups is 1. The van der Waals surface area contributed by atoms with Crippen LogP contribution < -0.4 is 16.4 Å². The van der Waals surface area contributed by atoms with Gasteiger partial charge in [0.15, 0.2) is 0 Å². The number of carbonyl (C=O) groups is 2. The summed E-state index contributed by atoms with van der Waals surface area (Å²) < 4.78 is 0. The minimum atomic E-state index is -0.851. The van der Waals surface area contributed by atoms with Crippen molar-refractivity contribution in [3.63, 3.8) is 0 Å². The van der Waals surface area contributed by atoms with Gasteiger partial charge in [0, 0.05) is 11.1 Å². The maximum absolute atomic E-state index is 11.1. The molecule has 0 heterocycles. The molecule has 0 saturated carbocycles. The van der Waals surface area contributed by atoms with E-state index in [-0.39, 0.29) is 12.6 Å². The van der Waals surface area contributed by atoms with E-state index in [0.717, 1.165) is 5.56 Å². The minimum absolute atomic E-state index is 0.0206. The van der Waals surface area contributed by atoms with Crippen LogP contribution in [0.15, 0.2) is 24.3 Å². The molecule has 0 spiro atoms. The Morgan fingerprint density at radius 1 is 1.35 bits per heavy atom. The minimum Gasteiger partial charge on any atom is -0.351 e. The lowest BCUT2D eigenvalue weighted by molar-refractivity contribution is -0.119. The molecule has 1 aromatic rings. The van der Waals surface area contributed by atoms with Gasteiger partial charge in [0.25, 0.3) is 0 Å². The van der Waals surface area contributed by atoms with Crippen LogP contribution in [0.1, 0.15) is 18.5 Å². The van der Waals surface area contributed by atoms with Crippen molar-refractivity contribution in [2.75, 3.05) is 6.54 Å². The molecule has 6 heteroatoms. The number of amides is 3. The van der Waals surface area contributed by atoms with Gasteiger partial charge < -0.3 is 11.1 Å². The first-order valence-electron chi connectivity index (χ1n) is 5.07. The Kier molecular flexibility index (Phi) is 4.93. The number of primary amides is 1. The summed E-state index contributed by atoms with van der Waals surface area (Å²) >= 11 is 5.77. The Morgan fingerprint density at radius 3 is 2.47 bits per heavy atom. The quantitative estimate of drug-likeness (QED) is 0.756. The molecule has 1 aromatic carbocycles. The Labute approximate surface area is 104 Å². The van der Waals surface area contributed by atoms with Gasteiger partial charge in [-0.3, -0.25) is 10.1 Å². The van der Waals surface area contributed by atoms with Crippen molar-refractivity contribution in [1.29, 1.82) is 0 Å². The molecule has 0 aromatic heterocycles. The lowest BCUT2D eigenvalue weighted by Gasteiger charge is -2.13. The average Bonchev–Trinajstić information content (AvgIpc) is 2.26.